The van der Waals surface area contributed by atoms with E-state index in [1.807, 2.05) is 42.1 Å². The fraction of sp³-hybridized carbons (Fsp3) is 0.250. The van der Waals surface area contributed by atoms with Gasteiger partial charge in [-0.05, 0) is 23.4 Å². The van der Waals surface area contributed by atoms with Crippen LogP contribution in [0.25, 0.3) is 10.9 Å². The van der Waals surface area contributed by atoms with Crippen LogP contribution in [0.4, 0.5) is 0 Å². The van der Waals surface area contributed by atoms with Gasteiger partial charge in [0.25, 0.3) is 0 Å². The fourth-order valence-corrected chi connectivity index (χ4v) is 1.89. The first-order valence-electron chi connectivity index (χ1n) is 4.93. The lowest BCUT2D eigenvalue weighted by Gasteiger charge is -2.04. The van der Waals surface area contributed by atoms with Crippen molar-refractivity contribution in [3.8, 4) is 0 Å². The Hall–Kier alpha value is -1.77. The lowest BCUT2D eigenvalue weighted by Crippen LogP contribution is -1.99. The van der Waals surface area contributed by atoms with Crippen molar-refractivity contribution in [2.45, 2.75) is 12.8 Å². The van der Waals surface area contributed by atoms with Crippen molar-refractivity contribution < 1.29 is 9.90 Å². The van der Waals surface area contributed by atoms with Gasteiger partial charge in [-0.3, -0.25) is 4.79 Å². The predicted molar refractivity (Wildman–Crippen MR) is 58.9 cm³/mol. The molecule has 2 rings (SSSR count). The van der Waals surface area contributed by atoms with Crippen LogP contribution in [0.5, 0.6) is 0 Å². The molecular formula is C12H13NO2. The molecule has 15 heavy (non-hydrogen) atoms. The molecular weight excluding hydrogens is 190 g/mol. The third-order valence-electron chi connectivity index (χ3n) is 2.59. The van der Waals surface area contributed by atoms with Gasteiger partial charge in [0, 0.05) is 19.7 Å². The Labute approximate surface area is 87.9 Å². The van der Waals surface area contributed by atoms with E-state index in [9.17, 15) is 4.79 Å². The summed E-state index contributed by atoms with van der Waals surface area (Å²) in [5, 5.41) is 9.83. The maximum Gasteiger partial charge on any atom is 0.303 e. The number of para-hydroxylation sites is 1. The molecule has 1 aromatic carbocycles. The summed E-state index contributed by atoms with van der Waals surface area (Å²) in [5.74, 6) is -0.749. The molecule has 0 unspecified atom stereocenters. The van der Waals surface area contributed by atoms with Gasteiger partial charge in [-0.25, -0.2) is 0 Å². The monoisotopic (exact) mass is 203 g/mol. The number of benzene rings is 1. The number of aromatic nitrogens is 1. The van der Waals surface area contributed by atoms with Crippen LogP contribution in [-0.2, 0) is 18.3 Å². The van der Waals surface area contributed by atoms with E-state index in [-0.39, 0.29) is 6.42 Å². The molecule has 78 valence electrons. The predicted octanol–water partition coefficient (Wildman–Crippen LogP) is 2.20. The van der Waals surface area contributed by atoms with Gasteiger partial charge in [0.1, 0.15) is 0 Å². The molecule has 0 aliphatic rings. The summed E-state index contributed by atoms with van der Waals surface area (Å²) >= 11 is 0. The quantitative estimate of drug-likeness (QED) is 0.830. The second-order valence-electron chi connectivity index (χ2n) is 3.68. The van der Waals surface area contributed by atoms with Gasteiger partial charge in [0.15, 0.2) is 0 Å². The minimum absolute atomic E-state index is 0.185. The second-order valence-corrected chi connectivity index (χ2v) is 3.68. The first-order valence-corrected chi connectivity index (χ1v) is 4.93. The number of carboxylic acids is 1. The lowest BCUT2D eigenvalue weighted by molar-refractivity contribution is -0.136. The average Bonchev–Trinajstić information content (AvgIpc) is 2.58. The number of hydrogen-bond donors (Lipinski definition) is 1. The number of aliphatic carboxylic acids is 1. The van der Waals surface area contributed by atoms with Gasteiger partial charge in [-0.15, -0.1) is 0 Å². The molecule has 0 fully saturated rings. The molecule has 3 nitrogen and oxygen atoms in total. The molecule has 0 saturated heterocycles. The van der Waals surface area contributed by atoms with Gasteiger partial charge in [0.05, 0.1) is 5.52 Å². The van der Waals surface area contributed by atoms with Crippen molar-refractivity contribution in [1.82, 2.24) is 4.57 Å². The Balaban J connectivity index is 2.41. The number of aryl methyl sites for hydroxylation is 2. The number of hydrogen-bond acceptors (Lipinski definition) is 1. The molecule has 3 heteroatoms. The first-order chi connectivity index (χ1) is 7.18. The summed E-state index contributed by atoms with van der Waals surface area (Å²) in [6.07, 6.45) is 2.77. The highest BCUT2D eigenvalue weighted by Gasteiger charge is 2.05. The van der Waals surface area contributed by atoms with Crippen molar-refractivity contribution in [3.05, 3.63) is 36.0 Å². The third kappa shape index (κ3) is 1.86. The Morgan fingerprint density at radius 3 is 2.93 bits per heavy atom. The molecule has 2 aromatic rings. The van der Waals surface area contributed by atoms with Gasteiger partial charge >= 0.3 is 5.97 Å². The van der Waals surface area contributed by atoms with Crippen LogP contribution in [0.3, 0.4) is 0 Å². The van der Waals surface area contributed by atoms with E-state index < -0.39 is 5.97 Å². The summed E-state index contributed by atoms with van der Waals surface area (Å²) in [5.41, 5.74) is 2.24. The van der Waals surface area contributed by atoms with E-state index in [4.69, 9.17) is 5.11 Å². The largest absolute Gasteiger partial charge is 0.481 e. The molecule has 1 N–H and O–H groups in total. The molecule has 0 atom stereocenters. The van der Waals surface area contributed by atoms with E-state index >= 15 is 0 Å². The first kappa shape index (κ1) is 9.77. The topological polar surface area (TPSA) is 42.2 Å². The van der Waals surface area contributed by atoms with Gasteiger partial charge in [0.2, 0.25) is 0 Å². The van der Waals surface area contributed by atoms with Gasteiger partial charge in [-0.1, -0.05) is 18.2 Å². The SMILES string of the molecule is Cn1ccc2cccc(CCC(=O)O)c21. The zero-order chi connectivity index (χ0) is 10.8. The Morgan fingerprint density at radius 2 is 2.20 bits per heavy atom. The molecule has 0 spiro atoms. The van der Waals surface area contributed by atoms with E-state index in [0.29, 0.717) is 6.42 Å². The van der Waals surface area contributed by atoms with E-state index in [1.165, 1.54) is 5.39 Å². The van der Waals surface area contributed by atoms with Crippen LogP contribution in [0.2, 0.25) is 0 Å². The van der Waals surface area contributed by atoms with Crippen LogP contribution in [0.15, 0.2) is 30.5 Å². The van der Waals surface area contributed by atoms with Crippen LogP contribution in [-0.4, -0.2) is 15.6 Å². The summed E-state index contributed by atoms with van der Waals surface area (Å²) < 4.78 is 2.03. The van der Waals surface area contributed by atoms with Crippen LogP contribution in [0, 0.1) is 0 Å². The summed E-state index contributed by atoms with van der Waals surface area (Å²) in [6, 6.07) is 8.05. The Bertz CT molecular complexity index is 499. The molecule has 1 heterocycles. The van der Waals surface area contributed by atoms with Crippen molar-refractivity contribution in [2.75, 3.05) is 0 Å². The summed E-state index contributed by atoms with van der Waals surface area (Å²) in [6.45, 7) is 0. The van der Waals surface area contributed by atoms with Crippen LogP contribution >= 0.6 is 0 Å². The molecule has 0 radical (unpaired) electrons. The van der Waals surface area contributed by atoms with E-state index in [0.717, 1.165) is 11.1 Å². The maximum absolute atomic E-state index is 10.5. The third-order valence-corrected chi connectivity index (χ3v) is 2.59. The normalized spacial score (nSPS) is 10.7. The number of fused-ring (bicyclic) bond motifs is 1. The summed E-state index contributed by atoms with van der Waals surface area (Å²) in [7, 11) is 1.98. The fourth-order valence-electron chi connectivity index (χ4n) is 1.89. The molecule has 0 bridgehead atoms. The van der Waals surface area contributed by atoms with Crippen LogP contribution < -0.4 is 0 Å². The Morgan fingerprint density at radius 1 is 1.40 bits per heavy atom. The van der Waals surface area contributed by atoms with E-state index in [2.05, 4.69) is 0 Å². The number of carbonyl (C=O) groups is 1. The van der Waals surface area contributed by atoms with Crippen molar-refractivity contribution in [2.24, 2.45) is 7.05 Å². The molecule has 0 aliphatic carbocycles. The number of rotatable bonds is 3. The number of carboxylic acid groups (broad SMARTS) is 1. The van der Waals surface area contributed by atoms with Crippen molar-refractivity contribution in [3.63, 3.8) is 0 Å². The van der Waals surface area contributed by atoms with Crippen molar-refractivity contribution >= 4 is 16.9 Å². The minimum atomic E-state index is -0.749. The van der Waals surface area contributed by atoms with Crippen LogP contribution in [0.1, 0.15) is 12.0 Å². The van der Waals surface area contributed by atoms with Gasteiger partial charge in [-0.2, -0.15) is 0 Å². The molecule has 0 saturated carbocycles. The number of nitrogens with zero attached hydrogens (tertiary/aromatic N) is 1. The average molecular weight is 203 g/mol. The highest BCUT2D eigenvalue weighted by Crippen LogP contribution is 2.20. The maximum atomic E-state index is 10.5. The highest BCUT2D eigenvalue weighted by atomic mass is 16.4. The lowest BCUT2D eigenvalue weighted by atomic mass is 10.1. The standard InChI is InChI=1S/C12H13NO2/c1-13-8-7-10-4-2-3-9(12(10)13)5-6-11(14)15/h2-4,7-8H,5-6H2,1H3,(H,14,15). The highest BCUT2D eigenvalue weighted by molar-refractivity contribution is 5.83. The van der Waals surface area contributed by atoms with Gasteiger partial charge < -0.3 is 9.67 Å². The molecule has 1 aromatic heterocycles. The minimum Gasteiger partial charge on any atom is -0.481 e. The smallest absolute Gasteiger partial charge is 0.303 e. The van der Waals surface area contributed by atoms with E-state index in [1.54, 1.807) is 0 Å². The Kier molecular flexibility index (Phi) is 2.46. The zero-order valence-corrected chi connectivity index (χ0v) is 8.60. The van der Waals surface area contributed by atoms with Crippen molar-refractivity contribution in [1.29, 1.82) is 0 Å². The molecule has 0 aliphatic heterocycles. The molecule has 0 amide bonds. The summed E-state index contributed by atoms with van der Waals surface area (Å²) in [4.78, 5) is 10.5. The second kappa shape index (κ2) is 3.77. The zero-order valence-electron chi connectivity index (χ0n) is 8.60.